The minimum absolute atomic E-state index is 0.00835. The third-order valence-electron chi connectivity index (χ3n) is 6.02. The van der Waals surface area contributed by atoms with E-state index in [0.29, 0.717) is 5.56 Å². The highest BCUT2D eigenvalue weighted by Crippen LogP contribution is 2.68. The van der Waals surface area contributed by atoms with Crippen LogP contribution < -0.4 is 10.5 Å². The Morgan fingerprint density at radius 3 is 2.74 bits per heavy atom. The molecule has 3 aromatic heterocycles. The molecule has 2 N–H and O–H groups in total. The maximum absolute atomic E-state index is 14.0. The average molecular weight is 474 g/mol. The first-order valence-corrected chi connectivity index (χ1v) is 9.90. The second kappa shape index (κ2) is 7.51. The molecule has 0 aliphatic heterocycles. The van der Waals surface area contributed by atoms with E-state index < -0.39 is 55.3 Å². The fraction of sp³-hybridized carbons (Fsp3) is 0.261. The van der Waals surface area contributed by atoms with Crippen molar-refractivity contribution in [3.05, 3.63) is 54.6 Å². The molecule has 4 aromatic rings. The van der Waals surface area contributed by atoms with Gasteiger partial charge < -0.3 is 10.5 Å². The molecule has 1 saturated carbocycles. The Balaban J connectivity index is 1.78. The lowest BCUT2D eigenvalue weighted by molar-refractivity contribution is -0.192. The van der Waals surface area contributed by atoms with Crippen molar-refractivity contribution in [2.75, 3.05) is 7.04 Å². The number of nitrogens with zero attached hydrogens (tertiary/aromatic N) is 5. The zero-order chi connectivity index (χ0) is 29.3. The summed E-state index contributed by atoms with van der Waals surface area (Å²) < 4.78 is 94.0. The summed E-state index contributed by atoms with van der Waals surface area (Å²) in [7, 11) is -3.07. The van der Waals surface area contributed by atoms with Crippen LogP contribution in [-0.4, -0.2) is 43.9 Å². The van der Waals surface area contributed by atoms with Gasteiger partial charge in [0, 0.05) is 34.2 Å². The van der Waals surface area contributed by atoms with Crippen molar-refractivity contribution in [1.82, 2.24) is 24.7 Å². The quantitative estimate of drug-likeness (QED) is 0.473. The van der Waals surface area contributed by atoms with Crippen molar-refractivity contribution in [3.8, 4) is 28.3 Å². The Kier molecular flexibility index (Phi) is 3.48. The Hall–Kier alpha value is -4.02. The second-order valence-corrected chi connectivity index (χ2v) is 7.84. The Morgan fingerprint density at radius 2 is 2.09 bits per heavy atom. The number of halogens is 3. The second-order valence-electron chi connectivity index (χ2n) is 7.84. The van der Waals surface area contributed by atoms with Gasteiger partial charge in [0.15, 0.2) is 5.41 Å². The molecule has 1 aromatic carbocycles. The van der Waals surface area contributed by atoms with Crippen molar-refractivity contribution in [1.29, 1.82) is 0 Å². The van der Waals surface area contributed by atoms with Gasteiger partial charge in [-0.15, -0.1) is 0 Å². The third-order valence-corrected chi connectivity index (χ3v) is 6.02. The minimum atomic E-state index is -5.05. The normalized spacial score (nSPS) is 23.2. The van der Waals surface area contributed by atoms with E-state index in [1.807, 2.05) is 0 Å². The van der Waals surface area contributed by atoms with E-state index in [1.165, 1.54) is 6.20 Å². The van der Waals surface area contributed by atoms with Crippen molar-refractivity contribution >= 4 is 16.9 Å². The molecule has 1 fully saturated rings. The lowest BCUT2D eigenvalue weighted by atomic mass is 9.99. The number of carbonyl (C=O) groups is 1. The van der Waals surface area contributed by atoms with Gasteiger partial charge in [0.25, 0.3) is 0 Å². The molecule has 5 rings (SSSR count). The molecule has 2 atom stereocenters. The molecule has 0 spiro atoms. The number of ether oxygens (including phenoxy) is 1. The number of aryl methyl sites for hydroxylation is 1. The van der Waals surface area contributed by atoms with E-state index in [4.69, 9.17) is 18.7 Å². The van der Waals surface area contributed by atoms with Crippen molar-refractivity contribution in [3.63, 3.8) is 0 Å². The number of hydrogen-bond acceptors (Lipinski definition) is 6. The molecule has 3 heterocycles. The number of aromatic nitrogens is 5. The number of nitrogens with two attached hydrogens (primary N) is 1. The van der Waals surface area contributed by atoms with Crippen LogP contribution >= 0.6 is 0 Å². The van der Waals surface area contributed by atoms with Crippen LogP contribution in [0.2, 0.25) is 0 Å². The maximum Gasteiger partial charge on any atom is 0.403 e. The summed E-state index contributed by atoms with van der Waals surface area (Å²) in [6.45, 7) is -2.70. The number of pyridine rings is 1. The third kappa shape index (κ3) is 3.11. The number of benzene rings is 1. The van der Waals surface area contributed by atoms with Gasteiger partial charge in [-0.05, 0) is 6.42 Å². The Labute approximate surface area is 200 Å². The SMILES string of the molecule is [2H]C([2H])([2H])Oc1cc2ncnc(-c3cnn(C([2H])([2H])[2H])c3-c3ccccc3)c2nc1C1CC1(C(N)=O)C(F)(F)F. The van der Waals surface area contributed by atoms with Gasteiger partial charge in [-0.25, -0.2) is 15.0 Å². The summed E-state index contributed by atoms with van der Waals surface area (Å²) in [4.78, 5) is 24.6. The molecule has 1 aliphatic rings. The van der Waals surface area contributed by atoms with Gasteiger partial charge in [-0.3, -0.25) is 9.48 Å². The van der Waals surface area contributed by atoms with Crippen LogP contribution in [-0.2, 0) is 11.8 Å². The predicted octanol–water partition coefficient (Wildman–Crippen LogP) is 3.62. The van der Waals surface area contributed by atoms with Crippen molar-refractivity contribution in [2.45, 2.75) is 18.5 Å². The van der Waals surface area contributed by atoms with Crippen LogP contribution in [0.5, 0.6) is 5.75 Å². The number of carbonyl (C=O) groups excluding carboxylic acids is 1. The zero-order valence-electron chi connectivity index (χ0n) is 23.2. The van der Waals surface area contributed by atoms with Crippen LogP contribution in [0.4, 0.5) is 13.2 Å². The van der Waals surface area contributed by atoms with Gasteiger partial charge >= 0.3 is 6.18 Å². The number of amides is 1. The fourth-order valence-electron chi connectivity index (χ4n) is 4.22. The molecule has 0 radical (unpaired) electrons. The molecule has 8 nitrogen and oxygen atoms in total. The number of hydrogen-bond donors (Lipinski definition) is 1. The molecule has 1 amide bonds. The monoisotopic (exact) mass is 474 g/mol. The molecule has 174 valence electrons. The summed E-state index contributed by atoms with van der Waals surface area (Å²) in [6.07, 6.45) is -3.49. The highest BCUT2D eigenvalue weighted by molar-refractivity contribution is 5.94. The number of rotatable bonds is 5. The maximum atomic E-state index is 14.0. The van der Waals surface area contributed by atoms with E-state index in [2.05, 4.69) is 20.1 Å². The first-order valence-electron chi connectivity index (χ1n) is 12.9. The number of fused-ring (bicyclic) bond motifs is 1. The average Bonchev–Trinajstić information content (AvgIpc) is 3.46. The molecule has 11 heteroatoms. The van der Waals surface area contributed by atoms with E-state index in [0.717, 1.165) is 17.1 Å². The number of methoxy groups -OCH3 is 1. The first kappa shape index (κ1) is 15.8. The van der Waals surface area contributed by atoms with Crippen LogP contribution in [0, 0.1) is 5.41 Å². The lowest BCUT2D eigenvalue weighted by Crippen LogP contribution is -2.39. The smallest absolute Gasteiger partial charge is 0.403 e. The van der Waals surface area contributed by atoms with E-state index in [-0.39, 0.29) is 28.0 Å². The molecular weight excluding hydrogens is 449 g/mol. The number of primary amides is 1. The standard InChI is InChI=1S/C23H19F3N6O2/c1-32-20(12-6-4-3-5-7-12)13(10-30-32)17-19-15(28-11-29-17)8-16(34-2)18(31-19)14-9-22(14,21(27)33)23(24,25)26/h3-8,10-11,14H,9H2,1-2H3,(H2,27,33)/i1D3,2D3. The van der Waals surface area contributed by atoms with Crippen LogP contribution in [0.3, 0.4) is 0 Å². The minimum Gasteiger partial charge on any atom is -0.495 e. The van der Waals surface area contributed by atoms with Gasteiger partial charge in [0.1, 0.15) is 23.3 Å². The summed E-state index contributed by atoms with van der Waals surface area (Å²) in [5, 5.41) is 4.02. The summed E-state index contributed by atoms with van der Waals surface area (Å²) in [6, 6.07) is 9.45. The van der Waals surface area contributed by atoms with Crippen LogP contribution in [0.15, 0.2) is 48.9 Å². The summed E-state index contributed by atoms with van der Waals surface area (Å²) in [5.74, 6) is -3.81. The van der Waals surface area contributed by atoms with E-state index in [9.17, 15) is 18.0 Å². The Morgan fingerprint density at radius 1 is 1.29 bits per heavy atom. The lowest BCUT2D eigenvalue weighted by Gasteiger charge is -2.18. The van der Waals surface area contributed by atoms with E-state index in [1.54, 1.807) is 30.3 Å². The molecule has 34 heavy (non-hydrogen) atoms. The fourth-order valence-corrected chi connectivity index (χ4v) is 4.22. The molecule has 1 aliphatic carbocycles. The zero-order valence-corrected chi connectivity index (χ0v) is 17.2. The summed E-state index contributed by atoms with van der Waals surface area (Å²) >= 11 is 0. The highest BCUT2D eigenvalue weighted by Gasteiger charge is 2.76. The van der Waals surface area contributed by atoms with Gasteiger partial charge in [-0.2, -0.15) is 18.3 Å². The van der Waals surface area contributed by atoms with Gasteiger partial charge in [0.05, 0.1) is 34.3 Å². The van der Waals surface area contributed by atoms with Crippen molar-refractivity contribution in [2.24, 2.45) is 18.1 Å². The highest BCUT2D eigenvalue weighted by atomic mass is 19.4. The van der Waals surface area contributed by atoms with E-state index >= 15 is 0 Å². The summed E-state index contributed by atoms with van der Waals surface area (Å²) in [5.41, 5.74) is 2.37. The first-order chi connectivity index (χ1) is 18.5. The molecule has 0 bridgehead atoms. The molecular formula is C23H19F3N6O2. The van der Waals surface area contributed by atoms with Gasteiger partial charge in [0.2, 0.25) is 5.91 Å². The molecule has 2 unspecified atom stereocenters. The topological polar surface area (TPSA) is 109 Å². The Bertz CT molecular complexity index is 1620. The largest absolute Gasteiger partial charge is 0.495 e. The molecule has 0 saturated heterocycles. The van der Waals surface area contributed by atoms with Gasteiger partial charge in [-0.1, -0.05) is 30.3 Å². The van der Waals surface area contributed by atoms with Crippen LogP contribution in [0.1, 0.15) is 26.3 Å². The number of alkyl halides is 3. The van der Waals surface area contributed by atoms with Crippen molar-refractivity contribution < 1.29 is 30.9 Å². The predicted molar refractivity (Wildman–Crippen MR) is 117 cm³/mol. The van der Waals surface area contributed by atoms with Crippen LogP contribution in [0.25, 0.3) is 33.5 Å².